The topological polar surface area (TPSA) is 43.4 Å². The van der Waals surface area contributed by atoms with Gasteiger partial charge in [0.1, 0.15) is 0 Å². The zero-order chi connectivity index (χ0) is 14.7. The van der Waals surface area contributed by atoms with Crippen LogP contribution in [0.1, 0.15) is 21.9 Å². The van der Waals surface area contributed by atoms with E-state index in [-0.39, 0.29) is 0 Å². The van der Waals surface area contributed by atoms with Crippen molar-refractivity contribution in [3.8, 4) is 11.5 Å². The van der Waals surface area contributed by atoms with Crippen LogP contribution in [0.15, 0.2) is 22.8 Å². The van der Waals surface area contributed by atoms with Crippen LogP contribution >= 0.6 is 27.3 Å². The molecule has 0 amide bonds. The average molecular weight is 369 g/mol. The quantitative estimate of drug-likeness (QED) is 0.893. The standard InChI is InChI=1S/C15H17BrN2O2S/c1-10-18-9-12(21-10)8-17-7-11-5-13(16)15-14(6-11)19-3-2-4-20-15/h5-6,9,17H,2-4,7-8H2,1H3. The van der Waals surface area contributed by atoms with E-state index in [9.17, 15) is 0 Å². The molecule has 0 saturated carbocycles. The van der Waals surface area contributed by atoms with Crippen molar-refractivity contribution in [3.63, 3.8) is 0 Å². The number of hydrogen-bond acceptors (Lipinski definition) is 5. The summed E-state index contributed by atoms with van der Waals surface area (Å²) in [6.07, 6.45) is 2.84. The minimum atomic E-state index is 0.702. The van der Waals surface area contributed by atoms with Gasteiger partial charge in [-0.2, -0.15) is 0 Å². The lowest BCUT2D eigenvalue weighted by molar-refractivity contribution is 0.296. The molecular formula is C15H17BrN2O2S. The molecule has 2 aromatic rings. The molecule has 0 aliphatic carbocycles. The van der Waals surface area contributed by atoms with Gasteiger partial charge in [0.15, 0.2) is 11.5 Å². The van der Waals surface area contributed by atoms with Gasteiger partial charge in [-0.3, -0.25) is 0 Å². The highest BCUT2D eigenvalue weighted by Crippen LogP contribution is 2.38. The zero-order valence-corrected chi connectivity index (χ0v) is 14.2. The number of nitrogens with zero attached hydrogens (tertiary/aromatic N) is 1. The van der Waals surface area contributed by atoms with Crippen molar-refractivity contribution in [1.82, 2.24) is 10.3 Å². The van der Waals surface area contributed by atoms with Crippen LogP contribution in [0.5, 0.6) is 11.5 Å². The van der Waals surface area contributed by atoms with Crippen LogP contribution < -0.4 is 14.8 Å². The summed E-state index contributed by atoms with van der Waals surface area (Å²) in [5.41, 5.74) is 1.17. The molecule has 6 heteroatoms. The normalized spacial score (nSPS) is 14.0. The van der Waals surface area contributed by atoms with Gasteiger partial charge in [-0.1, -0.05) is 0 Å². The summed E-state index contributed by atoms with van der Waals surface area (Å²) in [5, 5.41) is 4.54. The Morgan fingerprint density at radius 1 is 1.29 bits per heavy atom. The molecule has 0 unspecified atom stereocenters. The number of halogens is 1. The Bertz CT molecular complexity index is 630. The molecular weight excluding hydrogens is 352 g/mol. The summed E-state index contributed by atoms with van der Waals surface area (Å²) in [6, 6.07) is 4.13. The fourth-order valence-corrected chi connectivity index (χ4v) is 3.57. The van der Waals surface area contributed by atoms with Gasteiger partial charge in [-0.25, -0.2) is 4.98 Å². The van der Waals surface area contributed by atoms with Gasteiger partial charge in [0.2, 0.25) is 0 Å². The van der Waals surface area contributed by atoms with E-state index in [1.165, 1.54) is 10.4 Å². The number of nitrogens with one attached hydrogen (secondary N) is 1. The Morgan fingerprint density at radius 2 is 2.14 bits per heavy atom. The van der Waals surface area contributed by atoms with Crippen LogP contribution in [0.3, 0.4) is 0 Å². The summed E-state index contributed by atoms with van der Waals surface area (Å²) in [4.78, 5) is 5.51. The van der Waals surface area contributed by atoms with Crippen LogP contribution in [0.25, 0.3) is 0 Å². The third kappa shape index (κ3) is 3.75. The lowest BCUT2D eigenvalue weighted by Gasteiger charge is -2.12. The van der Waals surface area contributed by atoms with Crippen LogP contribution in [-0.2, 0) is 13.1 Å². The predicted octanol–water partition coefficient (Wildman–Crippen LogP) is 3.67. The minimum absolute atomic E-state index is 0.702. The molecule has 0 saturated heterocycles. The molecule has 2 heterocycles. The molecule has 0 fully saturated rings. The highest BCUT2D eigenvalue weighted by molar-refractivity contribution is 9.10. The van der Waals surface area contributed by atoms with E-state index in [1.807, 2.05) is 13.1 Å². The molecule has 1 aromatic heterocycles. The highest BCUT2D eigenvalue weighted by Gasteiger charge is 2.15. The highest BCUT2D eigenvalue weighted by atomic mass is 79.9. The van der Waals surface area contributed by atoms with Crippen LogP contribution in [0.2, 0.25) is 0 Å². The van der Waals surface area contributed by atoms with Crippen molar-refractivity contribution in [3.05, 3.63) is 38.3 Å². The van der Waals surface area contributed by atoms with Crippen LogP contribution in [0, 0.1) is 6.92 Å². The fraction of sp³-hybridized carbons (Fsp3) is 0.400. The Labute approximate surface area is 136 Å². The predicted molar refractivity (Wildman–Crippen MR) is 87.1 cm³/mol. The molecule has 21 heavy (non-hydrogen) atoms. The number of fused-ring (bicyclic) bond motifs is 1. The number of ether oxygens (including phenoxy) is 2. The second-order valence-electron chi connectivity index (χ2n) is 4.90. The van der Waals surface area contributed by atoms with E-state index in [0.717, 1.165) is 40.5 Å². The summed E-state index contributed by atoms with van der Waals surface area (Å²) < 4.78 is 12.4. The van der Waals surface area contributed by atoms with Crippen LogP contribution in [0.4, 0.5) is 0 Å². The average Bonchev–Trinajstić information content (AvgIpc) is 2.73. The smallest absolute Gasteiger partial charge is 0.175 e. The van der Waals surface area contributed by atoms with Crippen molar-refractivity contribution in [2.75, 3.05) is 13.2 Å². The maximum absolute atomic E-state index is 5.75. The lowest BCUT2D eigenvalue weighted by Crippen LogP contribution is -2.12. The summed E-state index contributed by atoms with van der Waals surface area (Å²) >= 11 is 5.29. The Morgan fingerprint density at radius 3 is 2.95 bits per heavy atom. The van der Waals surface area contributed by atoms with E-state index in [2.05, 4.69) is 38.4 Å². The van der Waals surface area contributed by atoms with E-state index < -0.39 is 0 Å². The van der Waals surface area contributed by atoms with Crippen molar-refractivity contribution in [1.29, 1.82) is 0 Å². The van der Waals surface area contributed by atoms with Crippen molar-refractivity contribution >= 4 is 27.3 Å². The van der Waals surface area contributed by atoms with Gasteiger partial charge < -0.3 is 14.8 Å². The second-order valence-corrected chi connectivity index (χ2v) is 7.08. The first-order valence-corrected chi connectivity index (χ1v) is 8.53. The number of rotatable bonds is 4. The molecule has 3 rings (SSSR count). The minimum Gasteiger partial charge on any atom is -0.490 e. The van der Waals surface area contributed by atoms with Gasteiger partial charge in [0.05, 0.1) is 22.7 Å². The largest absolute Gasteiger partial charge is 0.490 e. The first kappa shape index (κ1) is 14.8. The molecule has 0 spiro atoms. The molecule has 0 bridgehead atoms. The molecule has 112 valence electrons. The molecule has 1 aliphatic rings. The molecule has 0 radical (unpaired) electrons. The zero-order valence-electron chi connectivity index (χ0n) is 11.8. The van der Waals surface area contributed by atoms with Crippen molar-refractivity contribution in [2.24, 2.45) is 0 Å². The first-order chi connectivity index (χ1) is 10.2. The third-order valence-electron chi connectivity index (χ3n) is 3.16. The molecule has 1 N–H and O–H groups in total. The number of aromatic nitrogens is 1. The number of aryl methyl sites for hydroxylation is 1. The third-order valence-corrected chi connectivity index (χ3v) is 4.66. The molecule has 4 nitrogen and oxygen atoms in total. The number of hydrogen-bond donors (Lipinski definition) is 1. The molecule has 1 aromatic carbocycles. The lowest BCUT2D eigenvalue weighted by atomic mass is 10.2. The van der Waals surface area contributed by atoms with Crippen LogP contribution in [-0.4, -0.2) is 18.2 Å². The van der Waals surface area contributed by atoms with E-state index in [4.69, 9.17) is 9.47 Å². The van der Waals surface area contributed by atoms with Crippen molar-refractivity contribution < 1.29 is 9.47 Å². The van der Waals surface area contributed by atoms with Gasteiger partial charge >= 0.3 is 0 Å². The van der Waals surface area contributed by atoms with Gasteiger partial charge in [0, 0.05) is 30.6 Å². The van der Waals surface area contributed by atoms with E-state index in [0.29, 0.717) is 13.2 Å². The fourth-order valence-electron chi connectivity index (χ4n) is 2.20. The van der Waals surface area contributed by atoms with Gasteiger partial charge in [-0.15, -0.1) is 11.3 Å². The van der Waals surface area contributed by atoms with E-state index in [1.54, 1.807) is 11.3 Å². The number of thiazole rings is 1. The summed E-state index contributed by atoms with van der Waals surface area (Å²) in [6.45, 7) is 5.04. The Hall–Kier alpha value is -1.11. The monoisotopic (exact) mass is 368 g/mol. The maximum atomic E-state index is 5.75. The summed E-state index contributed by atoms with van der Waals surface area (Å²) in [5.74, 6) is 1.64. The SMILES string of the molecule is Cc1ncc(CNCc2cc(Br)c3c(c2)OCCCO3)s1. The van der Waals surface area contributed by atoms with E-state index >= 15 is 0 Å². The number of benzene rings is 1. The molecule has 1 aliphatic heterocycles. The molecule has 0 atom stereocenters. The first-order valence-electron chi connectivity index (χ1n) is 6.92. The Kier molecular flexibility index (Phi) is 4.77. The van der Waals surface area contributed by atoms with Crippen molar-refractivity contribution in [2.45, 2.75) is 26.4 Å². The second kappa shape index (κ2) is 6.77. The van der Waals surface area contributed by atoms with Gasteiger partial charge in [0.25, 0.3) is 0 Å². The summed E-state index contributed by atoms with van der Waals surface area (Å²) in [7, 11) is 0. The van der Waals surface area contributed by atoms with Gasteiger partial charge in [-0.05, 0) is 40.5 Å². The Balaban J connectivity index is 1.65. The maximum Gasteiger partial charge on any atom is 0.175 e.